The predicted molar refractivity (Wildman–Crippen MR) is 191 cm³/mol. The minimum absolute atomic E-state index is 0.0654. The molecule has 0 N–H and O–H groups in total. The Labute approximate surface area is 293 Å². The molecule has 0 radical (unpaired) electrons. The topological polar surface area (TPSA) is 61.4 Å². The highest BCUT2D eigenvalue weighted by Gasteiger charge is 2.33. The SMILES string of the molecule is CCCCc1ccc(-n2c3c4ccc(C(F)(F)F)cc4nnc3c3c2c2nnc4cc(C(F)(F)F)ccc4c2n3-c2ccc(CCCC)cc2)cc1. The molecule has 0 aliphatic heterocycles. The summed E-state index contributed by atoms with van der Waals surface area (Å²) >= 11 is 0. The Kier molecular flexibility index (Phi) is 8.15. The van der Waals surface area contributed by atoms with Crippen LogP contribution < -0.4 is 0 Å². The van der Waals surface area contributed by atoms with E-state index in [0.29, 0.717) is 55.2 Å². The third-order valence-electron chi connectivity index (χ3n) is 9.72. The zero-order valence-corrected chi connectivity index (χ0v) is 28.3. The molecule has 4 heterocycles. The molecule has 8 rings (SSSR count). The fraction of sp³-hybridized carbons (Fsp3) is 0.250. The highest BCUT2D eigenvalue weighted by atomic mass is 19.4. The third-order valence-corrected chi connectivity index (χ3v) is 9.72. The van der Waals surface area contributed by atoms with E-state index in [4.69, 9.17) is 0 Å². The zero-order chi connectivity index (χ0) is 36.4. The number of nitrogens with zero attached hydrogens (tertiary/aromatic N) is 6. The minimum atomic E-state index is -4.58. The average Bonchev–Trinajstić information content (AvgIpc) is 3.65. The number of alkyl halides is 6. The normalized spacial score (nSPS) is 12.7. The number of aromatic nitrogens is 6. The summed E-state index contributed by atoms with van der Waals surface area (Å²) in [6.07, 6.45) is -3.29. The first-order chi connectivity index (χ1) is 25.0. The summed E-state index contributed by atoms with van der Waals surface area (Å²) in [6, 6.07) is 22.8. The molecular formula is C40H32F6N6. The summed E-state index contributed by atoms with van der Waals surface area (Å²) in [5, 5.41) is 18.7. The van der Waals surface area contributed by atoms with Crippen LogP contribution in [0.25, 0.3) is 66.3 Å². The van der Waals surface area contributed by atoms with Gasteiger partial charge >= 0.3 is 12.4 Å². The van der Waals surface area contributed by atoms with Crippen molar-refractivity contribution >= 4 is 54.9 Å². The monoisotopic (exact) mass is 710 g/mol. The highest BCUT2D eigenvalue weighted by Crippen LogP contribution is 2.44. The summed E-state index contributed by atoms with van der Waals surface area (Å²) < 4.78 is 86.7. The molecule has 0 fully saturated rings. The van der Waals surface area contributed by atoms with E-state index < -0.39 is 23.5 Å². The molecule has 0 aliphatic rings. The maximum absolute atomic E-state index is 13.8. The Morgan fingerprint density at radius 1 is 0.481 bits per heavy atom. The lowest BCUT2D eigenvalue weighted by atomic mass is 10.1. The van der Waals surface area contributed by atoms with Crippen molar-refractivity contribution in [2.24, 2.45) is 0 Å². The van der Waals surface area contributed by atoms with Crippen LogP contribution >= 0.6 is 0 Å². The number of rotatable bonds is 8. The summed E-state index contributed by atoms with van der Waals surface area (Å²) in [4.78, 5) is 0. The van der Waals surface area contributed by atoms with Gasteiger partial charge in [-0.15, -0.1) is 20.4 Å². The van der Waals surface area contributed by atoms with E-state index in [1.807, 2.05) is 57.7 Å². The van der Waals surface area contributed by atoms with Gasteiger partial charge in [0, 0.05) is 22.1 Å². The Bertz CT molecular complexity index is 2430. The molecular weight excluding hydrogens is 678 g/mol. The van der Waals surface area contributed by atoms with Crippen molar-refractivity contribution in [2.75, 3.05) is 0 Å². The van der Waals surface area contributed by atoms with Crippen LogP contribution in [0.1, 0.15) is 61.8 Å². The van der Waals surface area contributed by atoms with Crippen molar-refractivity contribution < 1.29 is 26.3 Å². The first kappa shape index (κ1) is 33.6. The maximum atomic E-state index is 13.8. The van der Waals surface area contributed by atoms with Gasteiger partial charge in [-0.3, -0.25) is 0 Å². The second-order valence-electron chi connectivity index (χ2n) is 13.2. The number of aryl methyl sites for hydroxylation is 2. The zero-order valence-electron chi connectivity index (χ0n) is 28.3. The van der Waals surface area contributed by atoms with Gasteiger partial charge in [0.15, 0.2) is 0 Å². The number of fused-ring (bicyclic) bond motifs is 9. The average molecular weight is 711 g/mol. The Morgan fingerprint density at radius 3 is 1.21 bits per heavy atom. The van der Waals surface area contributed by atoms with Crippen molar-refractivity contribution in [3.63, 3.8) is 0 Å². The number of hydrogen-bond donors (Lipinski definition) is 0. The molecule has 8 aromatic rings. The lowest BCUT2D eigenvalue weighted by Crippen LogP contribution is -2.05. The Balaban J connectivity index is 1.52. The summed E-state index contributed by atoms with van der Waals surface area (Å²) in [6.45, 7) is 4.24. The Hall–Kier alpha value is -5.52. The van der Waals surface area contributed by atoms with Gasteiger partial charge in [-0.05, 0) is 97.5 Å². The minimum Gasteiger partial charge on any atom is -0.303 e. The van der Waals surface area contributed by atoms with Crippen LogP contribution in [0.3, 0.4) is 0 Å². The van der Waals surface area contributed by atoms with E-state index in [9.17, 15) is 26.3 Å². The van der Waals surface area contributed by atoms with Gasteiger partial charge in [-0.25, -0.2) is 0 Å². The molecule has 0 unspecified atom stereocenters. The van der Waals surface area contributed by atoms with E-state index >= 15 is 0 Å². The first-order valence-electron chi connectivity index (χ1n) is 17.3. The molecule has 0 amide bonds. The maximum Gasteiger partial charge on any atom is 0.416 e. The van der Waals surface area contributed by atoms with Gasteiger partial charge < -0.3 is 9.13 Å². The molecule has 6 nitrogen and oxygen atoms in total. The van der Waals surface area contributed by atoms with Crippen molar-refractivity contribution in [1.29, 1.82) is 0 Å². The van der Waals surface area contributed by atoms with Crippen molar-refractivity contribution in [3.05, 3.63) is 107 Å². The molecule has 4 aromatic carbocycles. The standard InChI is InChI=1S/C40H32F6N6/c1-3-5-7-23-9-15-27(16-10-23)51-35-29-19-13-25(39(41,42)43)21-31(29)47-49-33(35)38-37(51)34-36(52(38)28-17-11-24(12-18-28)8-6-4-2)30-20-14-26(40(44,45)46)22-32(30)48-50-34/h9-22H,3-8H2,1-2H3. The molecule has 0 bridgehead atoms. The first-order valence-corrected chi connectivity index (χ1v) is 17.3. The lowest BCUT2D eigenvalue weighted by Gasteiger charge is -2.13. The van der Waals surface area contributed by atoms with Crippen LogP contribution in [0.4, 0.5) is 26.3 Å². The molecule has 0 saturated carbocycles. The second kappa shape index (κ2) is 12.6. The van der Waals surface area contributed by atoms with Gasteiger partial charge in [-0.2, -0.15) is 26.3 Å². The molecule has 52 heavy (non-hydrogen) atoms. The molecule has 0 spiro atoms. The van der Waals surface area contributed by atoms with Crippen LogP contribution in [-0.4, -0.2) is 29.5 Å². The molecule has 0 atom stereocenters. The predicted octanol–water partition coefficient (Wildman–Crippen LogP) is 11.3. The number of unbranched alkanes of at least 4 members (excludes halogenated alkanes) is 2. The van der Waals surface area contributed by atoms with Crippen molar-refractivity contribution in [3.8, 4) is 11.4 Å². The molecule has 12 heteroatoms. The molecule has 264 valence electrons. The molecule has 0 saturated heterocycles. The highest BCUT2D eigenvalue weighted by molar-refractivity contribution is 6.24. The summed E-state index contributed by atoms with van der Waals surface area (Å²) in [5.74, 6) is 0. The summed E-state index contributed by atoms with van der Waals surface area (Å²) in [7, 11) is 0. The third kappa shape index (κ3) is 5.61. The van der Waals surface area contributed by atoms with Gasteiger partial charge in [0.1, 0.15) is 22.1 Å². The van der Waals surface area contributed by atoms with Gasteiger partial charge in [0.2, 0.25) is 0 Å². The van der Waals surface area contributed by atoms with Crippen molar-refractivity contribution in [2.45, 2.75) is 64.7 Å². The van der Waals surface area contributed by atoms with Crippen LogP contribution in [0.2, 0.25) is 0 Å². The summed E-state index contributed by atoms with van der Waals surface area (Å²) in [5.41, 5.74) is 5.07. The van der Waals surface area contributed by atoms with Crippen LogP contribution in [0, 0.1) is 0 Å². The lowest BCUT2D eigenvalue weighted by molar-refractivity contribution is -0.138. The van der Waals surface area contributed by atoms with E-state index in [1.54, 1.807) is 0 Å². The van der Waals surface area contributed by atoms with Crippen LogP contribution in [0.15, 0.2) is 84.9 Å². The fourth-order valence-corrected chi connectivity index (χ4v) is 7.08. The van der Waals surface area contributed by atoms with E-state index in [1.165, 1.54) is 12.1 Å². The van der Waals surface area contributed by atoms with E-state index in [-0.39, 0.29) is 11.0 Å². The van der Waals surface area contributed by atoms with Crippen LogP contribution in [-0.2, 0) is 25.2 Å². The van der Waals surface area contributed by atoms with E-state index in [0.717, 1.165) is 73.9 Å². The number of benzene rings is 4. The number of hydrogen-bond acceptors (Lipinski definition) is 4. The van der Waals surface area contributed by atoms with Crippen LogP contribution in [0.5, 0.6) is 0 Å². The fourth-order valence-electron chi connectivity index (χ4n) is 7.08. The Morgan fingerprint density at radius 2 is 0.865 bits per heavy atom. The van der Waals surface area contributed by atoms with Gasteiger partial charge in [0.25, 0.3) is 0 Å². The van der Waals surface area contributed by atoms with Gasteiger partial charge in [0.05, 0.1) is 33.2 Å². The largest absolute Gasteiger partial charge is 0.416 e. The molecule has 4 aromatic heterocycles. The molecule has 0 aliphatic carbocycles. The number of halogens is 6. The van der Waals surface area contributed by atoms with Gasteiger partial charge in [-0.1, -0.05) is 51.0 Å². The second-order valence-corrected chi connectivity index (χ2v) is 13.2. The smallest absolute Gasteiger partial charge is 0.303 e. The quantitative estimate of drug-likeness (QED) is 0.147. The van der Waals surface area contributed by atoms with Crippen molar-refractivity contribution in [1.82, 2.24) is 29.5 Å². The van der Waals surface area contributed by atoms with E-state index in [2.05, 4.69) is 34.2 Å².